The topological polar surface area (TPSA) is 109 Å². The monoisotopic (exact) mass is 620 g/mol. The minimum absolute atomic E-state index is 0.152. The zero-order chi connectivity index (χ0) is 31.5. The maximum atomic E-state index is 14.2. The minimum atomic E-state index is -0.841. The van der Waals surface area contributed by atoms with Crippen LogP contribution < -0.4 is 19.6 Å². The van der Waals surface area contributed by atoms with E-state index in [4.69, 9.17) is 23.6 Å². The zero-order valence-corrected chi connectivity index (χ0v) is 25.5. The molecular formula is C35H28N2O7S. The quantitative estimate of drug-likeness (QED) is 0.225. The summed E-state index contributed by atoms with van der Waals surface area (Å²) in [5, 5.41) is 0. The van der Waals surface area contributed by atoms with E-state index in [1.165, 1.54) is 23.0 Å². The Bertz CT molecular complexity index is 2120. The Kier molecular flexibility index (Phi) is 8.30. The van der Waals surface area contributed by atoms with Crippen molar-refractivity contribution in [2.24, 2.45) is 4.99 Å². The molecule has 0 amide bonds. The average molecular weight is 621 g/mol. The highest BCUT2D eigenvalue weighted by molar-refractivity contribution is 7.07. The second-order valence-corrected chi connectivity index (χ2v) is 11.0. The number of rotatable bonds is 8. The van der Waals surface area contributed by atoms with Crippen molar-refractivity contribution in [2.75, 3.05) is 20.8 Å². The van der Waals surface area contributed by atoms with Crippen molar-refractivity contribution in [1.82, 2.24) is 4.57 Å². The molecule has 226 valence electrons. The van der Waals surface area contributed by atoms with Crippen LogP contribution in [0.15, 0.2) is 111 Å². The summed E-state index contributed by atoms with van der Waals surface area (Å²) in [7, 11) is 2.88. The molecule has 0 spiro atoms. The van der Waals surface area contributed by atoms with Gasteiger partial charge in [0.1, 0.15) is 17.3 Å². The zero-order valence-electron chi connectivity index (χ0n) is 24.7. The molecule has 3 aromatic carbocycles. The molecule has 10 heteroatoms. The number of thiazole rings is 1. The second kappa shape index (κ2) is 12.6. The molecule has 3 heterocycles. The van der Waals surface area contributed by atoms with Crippen LogP contribution in [0.4, 0.5) is 0 Å². The Labute approximate surface area is 262 Å². The summed E-state index contributed by atoms with van der Waals surface area (Å²) < 4.78 is 23.9. The van der Waals surface area contributed by atoms with Crippen molar-refractivity contribution in [3.63, 3.8) is 0 Å². The van der Waals surface area contributed by atoms with Gasteiger partial charge in [-0.15, -0.1) is 0 Å². The molecule has 9 nitrogen and oxygen atoms in total. The van der Waals surface area contributed by atoms with E-state index in [0.29, 0.717) is 54.6 Å². The second-order valence-electron chi connectivity index (χ2n) is 9.95. The van der Waals surface area contributed by atoms with Gasteiger partial charge in [-0.2, -0.15) is 0 Å². The number of carbonyl (C=O) groups is 2. The third kappa shape index (κ3) is 5.63. The van der Waals surface area contributed by atoms with Gasteiger partial charge in [-0.1, -0.05) is 72.0 Å². The van der Waals surface area contributed by atoms with E-state index in [1.807, 2.05) is 42.5 Å². The average Bonchev–Trinajstić information content (AvgIpc) is 3.67. The van der Waals surface area contributed by atoms with Gasteiger partial charge in [0.25, 0.3) is 5.56 Å². The molecule has 0 saturated heterocycles. The fraction of sp³-hybridized carbons (Fsp3) is 0.143. The lowest BCUT2D eigenvalue weighted by Gasteiger charge is -2.26. The first-order valence-corrected chi connectivity index (χ1v) is 14.9. The molecule has 1 aliphatic rings. The lowest BCUT2D eigenvalue weighted by molar-refractivity contribution is -0.138. The fourth-order valence-electron chi connectivity index (χ4n) is 5.26. The normalized spacial score (nSPS) is 14.5. The molecule has 1 atom stereocenters. The van der Waals surface area contributed by atoms with Crippen LogP contribution in [0.5, 0.6) is 5.75 Å². The Balaban J connectivity index is 1.55. The first-order chi connectivity index (χ1) is 21.9. The minimum Gasteiger partial charge on any atom is -0.497 e. The Morgan fingerprint density at radius 2 is 1.73 bits per heavy atom. The number of nitrogens with zero attached hydrogens (tertiary/aromatic N) is 2. The number of carbonyl (C=O) groups excluding carboxylic acids is 2. The molecule has 2 aromatic heterocycles. The highest BCUT2D eigenvalue weighted by Crippen LogP contribution is 2.36. The lowest BCUT2D eigenvalue weighted by atomic mass is 9.93. The highest BCUT2D eigenvalue weighted by atomic mass is 32.1. The summed E-state index contributed by atoms with van der Waals surface area (Å²) in [6, 6.07) is 26.2. The van der Waals surface area contributed by atoms with Gasteiger partial charge in [-0.05, 0) is 42.8 Å². The van der Waals surface area contributed by atoms with Crippen molar-refractivity contribution >= 4 is 35.0 Å². The van der Waals surface area contributed by atoms with Gasteiger partial charge in [-0.25, -0.2) is 14.6 Å². The van der Waals surface area contributed by atoms with E-state index in [-0.39, 0.29) is 17.7 Å². The van der Waals surface area contributed by atoms with E-state index >= 15 is 0 Å². The Morgan fingerprint density at radius 1 is 0.956 bits per heavy atom. The van der Waals surface area contributed by atoms with Crippen molar-refractivity contribution < 1.29 is 28.2 Å². The number of benzene rings is 3. The molecule has 0 saturated carbocycles. The van der Waals surface area contributed by atoms with Crippen LogP contribution >= 0.6 is 11.3 Å². The molecule has 0 bridgehead atoms. The smallest absolute Gasteiger partial charge is 0.338 e. The van der Waals surface area contributed by atoms with Gasteiger partial charge in [0.15, 0.2) is 4.80 Å². The van der Waals surface area contributed by atoms with Gasteiger partial charge in [-0.3, -0.25) is 9.36 Å². The maximum Gasteiger partial charge on any atom is 0.338 e. The molecular weight excluding hydrogens is 592 g/mol. The number of hydrogen-bond donors (Lipinski definition) is 0. The predicted molar refractivity (Wildman–Crippen MR) is 170 cm³/mol. The molecule has 1 unspecified atom stereocenters. The molecule has 45 heavy (non-hydrogen) atoms. The van der Waals surface area contributed by atoms with Crippen LogP contribution in [0.2, 0.25) is 0 Å². The number of aromatic nitrogens is 1. The summed E-state index contributed by atoms with van der Waals surface area (Å²) in [6.07, 6.45) is 1.63. The van der Waals surface area contributed by atoms with Gasteiger partial charge in [0.2, 0.25) is 0 Å². The number of furan rings is 1. The van der Waals surface area contributed by atoms with Gasteiger partial charge >= 0.3 is 11.9 Å². The van der Waals surface area contributed by atoms with Crippen LogP contribution in [-0.2, 0) is 14.3 Å². The van der Waals surface area contributed by atoms with E-state index < -0.39 is 18.0 Å². The molecule has 0 radical (unpaired) electrons. The molecule has 6 rings (SSSR count). The van der Waals surface area contributed by atoms with E-state index in [9.17, 15) is 14.4 Å². The SMILES string of the molecule is CCOC(=O)C1=C(c2ccccc2)N=c2sc(=Cc3ccc(-c4ccccc4C(=O)OC)o3)c(=O)n2C1c1cccc(OC)c1. The Hall–Kier alpha value is -5.48. The largest absolute Gasteiger partial charge is 0.497 e. The summed E-state index contributed by atoms with van der Waals surface area (Å²) in [5.74, 6) is 0.371. The van der Waals surface area contributed by atoms with E-state index in [0.717, 1.165) is 0 Å². The van der Waals surface area contributed by atoms with Crippen LogP contribution in [0.3, 0.4) is 0 Å². The van der Waals surface area contributed by atoms with Crippen molar-refractivity contribution in [3.8, 4) is 17.1 Å². The fourth-order valence-corrected chi connectivity index (χ4v) is 6.24. The van der Waals surface area contributed by atoms with Gasteiger partial charge < -0.3 is 18.6 Å². The molecule has 1 aliphatic heterocycles. The standard InChI is InChI=1S/C35H28N2O7S/c1-4-43-34(40)29-30(21-11-6-5-7-12-21)36-35-37(31(29)22-13-10-14-23(19-22)41-2)32(38)28(45-35)20-24-17-18-27(44-24)25-15-8-9-16-26(25)33(39)42-3/h5-20,31H,4H2,1-3H3. The molecule has 0 N–H and O–H groups in total. The van der Waals surface area contributed by atoms with Crippen LogP contribution in [-0.4, -0.2) is 37.3 Å². The molecule has 5 aromatic rings. The summed E-state index contributed by atoms with van der Waals surface area (Å²) in [5.41, 5.74) is 2.62. The summed E-state index contributed by atoms with van der Waals surface area (Å²) in [4.78, 5) is 45.4. The number of esters is 2. The first-order valence-electron chi connectivity index (χ1n) is 14.1. The maximum absolute atomic E-state index is 14.2. The van der Waals surface area contributed by atoms with Gasteiger partial charge in [0, 0.05) is 17.2 Å². The molecule has 0 fully saturated rings. The number of hydrogen-bond acceptors (Lipinski definition) is 9. The number of ether oxygens (including phenoxy) is 3. The van der Waals surface area contributed by atoms with Crippen LogP contribution in [0, 0.1) is 0 Å². The van der Waals surface area contributed by atoms with Crippen molar-refractivity contribution in [1.29, 1.82) is 0 Å². The summed E-state index contributed by atoms with van der Waals surface area (Å²) >= 11 is 1.18. The Morgan fingerprint density at radius 3 is 2.49 bits per heavy atom. The van der Waals surface area contributed by atoms with Crippen LogP contribution in [0.1, 0.15) is 40.2 Å². The van der Waals surface area contributed by atoms with E-state index in [1.54, 1.807) is 68.6 Å². The summed E-state index contributed by atoms with van der Waals surface area (Å²) in [6.45, 7) is 1.89. The predicted octanol–water partition coefficient (Wildman–Crippen LogP) is 4.99. The third-order valence-corrected chi connectivity index (χ3v) is 8.26. The van der Waals surface area contributed by atoms with Crippen LogP contribution in [0.25, 0.3) is 23.1 Å². The number of fused-ring (bicyclic) bond motifs is 1. The first kappa shape index (κ1) is 29.6. The van der Waals surface area contributed by atoms with E-state index in [2.05, 4.69) is 0 Å². The third-order valence-electron chi connectivity index (χ3n) is 7.28. The number of methoxy groups -OCH3 is 2. The molecule has 0 aliphatic carbocycles. The van der Waals surface area contributed by atoms with Gasteiger partial charge in [0.05, 0.1) is 48.2 Å². The van der Waals surface area contributed by atoms with Crippen molar-refractivity contribution in [3.05, 3.63) is 139 Å². The van der Waals surface area contributed by atoms with Crippen molar-refractivity contribution in [2.45, 2.75) is 13.0 Å². The highest BCUT2D eigenvalue weighted by Gasteiger charge is 2.35. The lowest BCUT2D eigenvalue weighted by Crippen LogP contribution is -2.40.